The lowest BCUT2D eigenvalue weighted by Gasteiger charge is -2.35. The fourth-order valence-corrected chi connectivity index (χ4v) is 7.86. The number of benzene rings is 1. The molecule has 4 heterocycles. The van der Waals surface area contributed by atoms with Crippen LogP contribution in [0.5, 0.6) is 5.75 Å². The van der Waals surface area contributed by atoms with Gasteiger partial charge in [0.05, 0.1) is 28.2 Å². The van der Waals surface area contributed by atoms with Crippen molar-refractivity contribution in [1.29, 1.82) is 0 Å². The molecule has 1 saturated heterocycles. The van der Waals surface area contributed by atoms with Crippen molar-refractivity contribution in [2.75, 3.05) is 24.6 Å². The molecule has 9 heteroatoms. The molecule has 33 heavy (non-hydrogen) atoms. The lowest BCUT2D eigenvalue weighted by Crippen LogP contribution is -2.36. The normalized spacial score (nSPS) is 23.6. The van der Waals surface area contributed by atoms with Gasteiger partial charge in [0.25, 0.3) is 5.91 Å². The number of carbonyl (C=O) groups excluding carboxylic acids is 1. The Balaban J connectivity index is 1.38. The topological polar surface area (TPSA) is 132 Å². The Morgan fingerprint density at radius 3 is 2.67 bits per heavy atom. The van der Waals surface area contributed by atoms with Crippen LogP contribution in [-0.2, 0) is 16.0 Å². The number of primary amides is 1. The summed E-state index contributed by atoms with van der Waals surface area (Å²) in [6.45, 7) is 3.83. The minimum absolute atomic E-state index is 0.0567. The van der Waals surface area contributed by atoms with E-state index >= 15 is 0 Å². The molecule has 8 nitrogen and oxygen atoms in total. The second kappa shape index (κ2) is 8.30. The van der Waals surface area contributed by atoms with Crippen molar-refractivity contribution in [2.24, 2.45) is 17.4 Å². The van der Waals surface area contributed by atoms with Crippen LogP contribution in [0.1, 0.15) is 29.7 Å². The van der Waals surface area contributed by atoms with Gasteiger partial charge >= 0.3 is 5.97 Å². The summed E-state index contributed by atoms with van der Waals surface area (Å²) in [5.41, 5.74) is 16.4. The van der Waals surface area contributed by atoms with Gasteiger partial charge in [-0.05, 0) is 49.9 Å². The van der Waals surface area contributed by atoms with E-state index in [1.54, 1.807) is 0 Å². The minimum atomic E-state index is -1.12. The van der Waals surface area contributed by atoms with Crippen molar-refractivity contribution in [3.8, 4) is 5.75 Å². The van der Waals surface area contributed by atoms with E-state index in [0.29, 0.717) is 30.1 Å². The average molecular weight is 469 g/mol. The number of carboxylic acids is 1. The Hall–Kier alpha value is -3.20. The zero-order valence-electron chi connectivity index (χ0n) is 18.5. The van der Waals surface area contributed by atoms with E-state index < -0.39 is 22.8 Å². The highest BCUT2D eigenvalue weighted by atomic mass is 32.2. The third kappa shape index (κ3) is 3.80. The Kier molecular flexibility index (Phi) is 5.44. The number of hydrogen-bond donors (Lipinski definition) is 4. The number of nitrogens with two attached hydrogens (primary N) is 2. The highest BCUT2D eigenvalue weighted by molar-refractivity contribution is 8.22. The monoisotopic (exact) mass is 468 g/mol. The van der Waals surface area contributed by atoms with Gasteiger partial charge in [0.15, 0.2) is 0 Å². The first-order valence-electron chi connectivity index (χ1n) is 11.1. The Morgan fingerprint density at radius 2 is 1.97 bits per heavy atom. The van der Waals surface area contributed by atoms with Gasteiger partial charge < -0.3 is 26.2 Å². The summed E-state index contributed by atoms with van der Waals surface area (Å²) >= 11 is 0. The number of carbonyl (C=O) groups is 2. The molecule has 0 spiro atoms. The van der Waals surface area contributed by atoms with Gasteiger partial charge in [-0.25, -0.2) is 4.98 Å². The van der Waals surface area contributed by atoms with E-state index in [2.05, 4.69) is 17.0 Å². The maximum atomic E-state index is 12.3. The van der Waals surface area contributed by atoms with E-state index in [0.717, 1.165) is 52.8 Å². The maximum Gasteiger partial charge on any atom is 0.306 e. The first-order valence-corrected chi connectivity index (χ1v) is 12.5. The highest BCUT2D eigenvalue weighted by Crippen LogP contribution is 2.57. The quantitative estimate of drug-likeness (QED) is 0.506. The predicted molar refractivity (Wildman–Crippen MR) is 129 cm³/mol. The first-order chi connectivity index (χ1) is 15.8. The number of aliphatic carboxylic acids is 1. The Bertz CT molecular complexity index is 1170. The second-order valence-electron chi connectivity index (χ2n) is 8.88. The number of piperidine rings is 1. The number of anilines is 1. The van der Waals surface area contributed by atoms with Crippen molar-refractivity contribution in [2.45, 2.75) is 36.5 Å². The van der Waals surface area contributed by atoms with Gasteiger partial charge in [-0.2, -0.15) is 10.9 Å². The third-order valence-corrected chi connectivity index (χ3v) is 9.58. The van der Waals surface area contributed by atoms with Gasteiger partial charge in [-0.15, -0.1) is 0 Å². The number of rotatable bonds is 4. The summed E-state index contributed by atoms with van der Waals surface area (Å²) in [4.78, 5) is 31.0. The lowest BCUT2D eigenvalue weighted by atomic mass is 9.96. The first kappa shape index (κ1) is 21.6. The van der Waals surface area contributed by atoms with Gasteiger partial charge in [0.1, 0.15) is 5.75 Å². The summed E-state index contributed by atoms with van der Waals surface area (Å²) in [5, 5.41) is 10.2. The molecule has 174 valence electrons. The standard InChI is InChI=1S/C24H28N4O4S/c1-13-2-5-18-20(25)21(22(26)29)33(23(18)27-13)17-10-15-3-4-16(11-19(15)32-12-17)28-8-6-14(7-9-28)24(30)31/h2-5,11,14,17,33H,6-10,12,25H2,1H3,(H2,26,29)(H,30,31). The van der Waals surface area contributed by atoms with Crippen molar-refractivity contribution in [3.05, 3.63) is 52.1 Å². The maximum absolute atomic E-state index is 12.3. The van der Waals surface area contributed by atoms with Crippen molar-refractivity contribution in [3.63, 3.8) is 0 Å². The number of thiol groups is 1. The van der Waals surface area contributed by atoms with Crippen LogP contribution in [0.25, 0.3) is 5.70 Å². The zero-order chi connectivity index (χ0) is 23.3. The molecular weight excluding hydrogens is 440 g/mol. The molecule has 1 amide bonds. The molecule has 5 rings (SSSR count). The van der Waals surface area contributed by atoms with Gasteiger partial charge in [0.2, 0.25) is 0 Å². The molecular formula is C24H28N4O4S. The average Bonchev–Trinajstić information content (AvgIpc) is 3.10. The summed E-state index contributed by atoms with van der Waals surface area (Å²) in [5.74, 6) is -0.613. The van der Waals surface area contributed by atoms with Crippen LogP contribution in [-0.4, -0.2) is 46.9 Å². The predicted octanol–water partition coefficient (Wildman–Crippen LogP) is 2.18. The van der Waals surface area contributed by atoms with Crippen LogP contribution in [0, 0.1) is 12.8 Å². The number of nitrogens with zero attached hydrogens (tertiary/aromatic N) is 2. The highest BCUT2D eigenvalue weighted by Gasteiger charge is 2.39. The number of aryl methyl sites for hydroxylation is 1. The molecule has 0 bridgehead atoms. The van der Waals surface area contributed by atoms with E-state index in [4.69, 9.17) is 21.2 Å². The number of aromatic nitrogens is 1. The molecule has 1 aromatic heterocycles. The van der Waals surface area contributed by atoms with Crippen LogP contribution in [0.2, 0.25) is 0 Å². The molecule has 3 aliphatic rings. The fourth-order valence-electron chi connectivity index (χ4n) is 5.00. The van der Waals surface area contributed by atoms with E-state index in [9.17, 15) is 14.7 Å². The second-order valence-corrected chi connectivity index (χ2v) is 11.2. The number of amides is 1. The number of hydrogen-bond acceptors (Lipinski definition) is 6. The molecule has 0 aliphatic carbocycles. The minimum Gasteiger partial charge on any atom is -0.492 e. The Labute approximate surface area is 195 Å². The van der Waals surface area contributed by atoms with E-state index in [1.807, 2.05) is 25.1 Å². The van der Waals surface area contributed by atoms with Crippen molar-refractivity contribution >= 4 is 34.2 Å². The number of ether oxygens (including phenoxy) is 1. The summed E-state index contributed by atoms with van der Waals surface area (Å²) in [7, 11) is -1.12. The number of pyridine rings is 1. The molecule has 1 aromatic carbocycles. The van der Waals surface area contributed by atoms with Crippen LogP contribution in [0.3, 0.4) is 0 Å². The van der Waals surface area contributed by atoms with Crippen LogP contribution >= 0.6 is 10.9 Å². The summed E-state index contributed by atoms with van der Waals surface area (Å²) in [6.07, 6.45) is 2.05. The molecule has 2 unspecified atom stereocenters. The van der Waals surface area contributed by atoms with Gasteiger partial charge in [0, 0.05) is 41.4 Å². The van der Waals surface area contributed by atoms with Crippen LogP contribution in [0.4, 0.5) is 5.69 Å². The smallest absolute Gasteiger partial charge is 0.306 e. The Morgan fingerprint density at radius 1 is 1.21 bits per heavy atom. The molecule has 1 fully saturated rings. The SMILES string of the molecule is Cc1ccc2c(n1)[SH](C1COc3cc(N4CCC(C(=O)O)CC4)ccc3C1)C(C(N)=O)=C2N. The summed E-state index contributed by atoms with van der Waals surface area (Å²) in [6, 6.07) is 10.0. The van der Waals surface area contributed by atoms with E-state index in [-0.39, 0.29) is 11.2 Å². The van der Waals surface area contributed by atoms with Crippen molar-refractivity contribution in [1.82, 2.24) is 4.98 Å². The van der Waals surface area contributed by atoms with Crippen molar-refractivity contribution < 1.29 is 19.4 Å². The molecule has 0 radical (unpaired) electrons. The largest absolute Gasteiger partial charge is 0.492 e. The number of carboxylic acid groups (broad SMARTS) is 1. The fraction of sp³-hybridized carbons (Fsp3) is 0.375. The molecule has 2 aromatic rings. The zero-order valence-corrected chi connectivity index (χ0v) is 19.3. The van der Waals surface area contributed by atoms with Gasteiger partial charge in [-0.1, -0.05) is 6.07 Å². The third-order valence-electron chi connectivity index (χ3n) is 6.77. The summed E-state index contributed by atoms with van der Waals surface area (Å²) < 4.78 is 6.20. The molecule has 3 aliphatic heterocycles. The molecule has 2 atom stereocenters. The van der Waals surface area contributed by atoms with Crippen LogP contribution in [0.15, 0.2) is 40.3 Å². The lowest BCUT2D eigenvalue weighted by molar-refractivity contribution is -0.142. The molecule has 5 N–H and O–H groups in total. The molecule has 0 saturated carbocycles. The van der Waals surface area contributed by atoms with E-state index in [1.165, 1.54) is 0 Å². The van der Waals surface area contributed by atoms with Crippen LogP contribution < -0.4 is 21.1 Å². The number of fused-ring (bicyclic) bond motifs is 2. The van der Waals surface area contributed by atoms with Gasteiger partial charge in [-0.3, -0.25) is 9.59 Å².